The molecule has 9 heteroatoms. The molecule has 1 aliphatic rings. The Morgan fingerprint density at radius 1 is 1.21 bits per heavy atom. The Hall–Kier alpha value is -3.49. The third-order valence-electron chi connectivity index (χ3n) is 4.68. The van der Waals surface area contributed by atoms with Gasteiger partial charge in [-0.1, -0.05) is 0 Å². The molecule has 0 unspecified atom stereocenters. The molecule has 1 N–H and O–H groups in total. The maximum atomic E-state index is 13.1. The summed E-state index contributed by atoms with van der Waals surface area (Å²) in [5.41, 5.74) is 2.63. The highest BCUT2D eigenvalue weighted by Crippen LogP contribution is 2.21. The van der Waals surface area contributed by atoms with Crippen LogP contribution < -0.4 is 0 Å². The monoisotopic (exact) mass is 383 g/mol. The Balaban J connectivity index is 1.56. The molecule has 2 aromatic heterocycles. The largest absolute Gasteiger partial charge is 0.464 e. The zero-order chi connectivity index (χ0) is 19.8. The van der Waals surface area contributed by atoms with E-state index in [1.807, 2.05) is 0 Å². The van der Waals surface area contributed by atoms with E-state index in [1.165, 1.54) is 19.2 Å². The van der Waals surface area contributed by atoms with Crippen LogP contribution in [-0.4, -0.2) is 50.2 Å². The molecule has 4 rings (SSSR count). The minimum absolute atomic E-state index is 0.214. The molecular weight excluding hydrogens is 365 g/mol. The van der Waals surface area contributed by atoms with Crippen molar-refractivity contribution in [2.24, 2.45) is 0 Å². The van der Waals surface area contributed by atoms with E-state index in [2.05, 4.69) is 15.1 Å². The van der Waals surface area contributed by atoms with Gasteiger partial charge in [-0.2, -0.15) is 5.10 Å². The van der Waals surface area contributed by atoms with Gasteiger partial charge in [-0.15, -0.1) is 0 Å². The molecule has 0 aliphatic carbocycles. The molecule has 1 aromatic carbocycles. The van der Waals surface area contributed by atoms with Crippen molar-refractivity contribution < 1.29 is 18.7 Å². The predicted octanol–water partition coefficient (Wildman–Crippen LogP) is 2.16. The van der Waals surface area contributed by atoms with E-state index in [0.717, 1.165) is 5.69 Å². The number of methoxy groups -OCH3 is 1. The number of hydrogen-bond acceptors (Lipinski definition) is 5. The summed E-state index contributed by atoms with van der Waals surface area (Å²) >= 11 is 0. The Morgan fingerprint density at radius 3 is 2.68 bits per heavy atom. The summed E-state index contributed by atoms with van der Waals surface area (Å²) < 4.78 is 19.5. The number of ether oxygens (including phenoxy) is 1. The second kappa shape index (κ2) is 6.91. The highest BCUT2D eigenvalue weighted by Gasteiger charge is 2.27. The molecule has 0 radical (unpaired) electrons. The third-order valence-corrected chi connectivity index (χ3v) is 4.68. The van der Waals surface area contributed by atoms with Gasteiger partial charge in [-0.05, 0) is 37.3 Å². The number of nitrogens with zero attached hydrogens (tertiary/aromatic N) is 4. The molecule has 0 bridgehead atoms. The van der Waals surface area contributed by atoms with Crippen LogP contribution in [0.15, 0.2) is 30.3 Å². The van der Waals surface area contributed by atoms with E-state index >= 15 is 0 Å². The van der Waals surface area contributed by atoms with Gasteiger partial charge in [0, 0.05) is 17.8 Å². The number of carbonyl (C=O) groups is 2. The van der Waals surface area contributed by atoms with Crippen molar-refractivity contribution in [2.75, 3.05) is 13.7 Å². The van der Waals surface area contributed by atoms with Crippen LogP contribution >= 0.6 is 0 Å². The van der Waals surface area contributed by atoms with Crippen LogP contribution in [0.4, 0.5) is 4.39 Å². The molecule has 1 aliphatic heterocycles. The molecule has 8 nitrogen and oxygen atoms in total. The van der Waals surface area contributed by atoms with Gasteiger partial charge in [0.15, 0.2) is 5.69 Å². The van der Waals surface area contributed by atoms with Crippen LogP contribution in [0.5, 0.6) is 0 Å². The van der Waals surface area contributed by atoms with E-state index in [4.69, 9.17) is 4.74 Å². The summed E-state index contributed by atoms with van der Waals surface area (Å²) in [7, 11) is 1.30. The molecule has 28 heavy (non-hydrogen) atoms. The molecule has 0 atom stereocenters. The number of H-pyrrole nitrogens is 1. The van der Waals surface area contributed by atoms with Crippen LogP contribution in [0, 0.1) is 12.7 Å². The van der Waals surface area contributed by atoms with Crippen LogP contribution in [0.25, 0.3) is 11.4 Å². The van der Waals surface area contributed by atoms with E-state index in [-0.39, 0.29) is 17.4 Å². The van der Waals surface area contributed by atoms with Crippen molar-refractivity contribution in [3.8, 4) is 11.4 Å². The number of amides is 1. The maximum absolute atomic E-state index is 13.1. The average molecular weight is 383 g/mol. The van der Waals surface area contributed by atoms with Crippen molar-refractivity contribution in [2.45, 2.75) is 20.0 Å². The zero-order valence-corrected chi connectivity index (χ0v) is 15.4. The number of hydrogen-bond donors (Lipinski definition) is 1. The molecule has 0 spiro atoms. The lowest BCUT2D eigenvalue weighted by atomic mass is 10.2. The molecular formula is C19H18FN5O3. The first kappa shape index (κ1) is 17.9. The summed E-state index contributed by atoms with van der Waals surface area (Å²) in [5.74, 6) is -0.545. The van der Waals surface area contributed by atoms with Gasteiger partial charge in [-0.3, -0.25) is 9.48 Å². The van der Waals surface area contributed by atoms with E-state index in [1.54, 1.807) is 34.7 Å². The lowest BCUT2D eigenvalue weighted by Crippen LogP contribution is -2.38. The number of esters is 1. The highest BCUT2D eigenvalue weighted by molar-refractivity contribution is 5.94. The van der Waals surface area contributed by atoms with Crippen molar-refractivity contribution in [3.63, 3.8) is 0 Å². The number of halogens is 1. The zero-order valence-electron chi connectivity index (χ0n) is 15.4. The van der Waals surface area contributed by atoms with Gasteiger partial charge >= 0.3 is 5.97 Å². The molecule has 144 valence electrons. The summed E-state index contributed by atoms with van der Waals surface area (Å²) in [6, 6.07) is 7.54. The quantitative estimate of drug-likeness (QED) is 0.700. The number of aryl methyl sites for hydroxylation is 1. The number of fused-ring (bicyclic) bond motifs is 1. The van der Waals surface area contributed by atoms with Crippen molar-refractivity contribution >= 4 is 11.9 Å². The fraction of sp³-hybridized carbons (Fsp3) is 0.263. The average Bonchev–Trinajstić information content (AvgIpc) is 3.30. The first-order valence-electron chi connectivity index (χ1n) is 8.73. The molecule has 1 amide bonds. The van der Waals surface area contributed by atoms with Gasteiger partial charge in [0.25, 0.3) is 5.91 Å². The molecule has 0 saturated heterocycles. The standard InChI is InChI=1S/C19H18FN5O3/c1-11-16(22-17(21-11)12-3-5-13(20)6-4-12)18(26)24-7-8-25-14(10-24)9-15(23-25)19(27)28-2/h3-6,9H,7-8,10H2,1-2H3,(H,21,22). The Kier molecular flexibility index (Phi) is 4.42. The van der Waals surface area contributed by atoms with Crippen LogP contribution in [0.2, 0.25) is 0 Å². The first-order chi connectivity index (χ1) is 13.5. The van der Waals surface area contributed by atoms with E-state index in [0.29, 0.717) is 42.4 Å². The SMILES string of the molecule is COC(=O)c1cc2n(n1)CCN(C(=O)c1nc(-c3ccc(F)cc3)[nH]c1C)C2. The molecule has 3 heterocycles. The van der Waals surface area contributed by atoms with Crippen LogP contribution in [0.1, 0.15) is 32.4 Å². The third kappa shape index (κ3) is 3.15. The van der Waals surface area contributed by atoms with Crippen molar-refractivity contribution in [1.29, 1.82) is 0 Å². The Bertz CT molecular complexity index is 1050. The minimum atomic E-state index is -0.508. The minimum Gasteiger partial charge on any atom is -0.464 e. The van der Waals surface area contributed by atoms with Crippen molar-refractivity contribution in [3.05, 3.63) is 58.9 Å². The first-order valence-corrected chi connectivity index (χ1v) is 8.73. The Labute approximate surface area is 159 Å². The number of imidazole rings is 1. The van der Waals surface area contributed by atoms with Crippen LogP contribution in [0.3, 0.4) is 0 Å². The second-order valence-electron chi connectivity index (χ2n) is 6.53. The molecule has 0 fully saturated rings. The normalized spacial score (nSPS) is 13.3. The maximum Gasteiger partial charge on any atom is 0.358 e. The second-order valence-corrected chi connectivity index (χ2v) is 6.53. The number of benzene rings is 1. The number of rotatable bonds is 3. The van der Waals surface area contributed by atoms with Gasteiger partial charge in [0.05, 0.1) is 25.9 Å². The topological polar surface area (TPSA) is 93.1 Å². The number of carbonyl (C=O) groups excluding carboxylic acids is 2. The number of aromatic nitrogens is 4. The summed E-state index contributed by atoms with van der Waals surface area (Å²) in [4.78, 5) is 33.8. The molecule has 3 aromatic rings. The van der Waals surface area contributed by atoms with Gasteiger partial charge in [0.1, 0.15) is 17.3 Å². The smallest absolute Gasteiger partial charge is 0.358 e. The lowest BCUT2D eigenvalue weighted by molar-refractivity contribution is 0.0591. The van der Waals surface area contributed by atoms with Gasteiger partial charge < -0.3 is 14.6 Å². The predicted molar refractivity (Wildman–Crippen MR) is 97.0 cm³/mol. The van der Waals surface area contributed by atoms with Crippen LogP contribution in [-0.2, 0) is 17.8 Å². The van der Waals surface area contributed by atoms with E-state index in [9.17, 15) is 14.0 Å². The fourth-order valence-electron chi connectivity index (χ4n) is 3.21. The summed E-state index contributed by atoms with van der Waals surface area (Å²) in [5, 5.41) is 4.21. The fourth-order valence-corrected chi connectivity index (χ4v) is 3.21. The van der Waals surface area contributed by atoms with Gasteiger partial charge in [0.2, 0.25) is 0 Å². The van der Waals surface area contributed by atoms with Crippen molar-refractivity contribution in [1.82, 2.24) is 24.6 Å². The van der Waals surface area contributed by atoms with E-state index < -0.39 is 5.97 Å². The van der Waals surface area contributed by atoms with Gasteiger partial charge in [-0.25, -0.2) is 14.2 Å². The highest BCUT2D eigenvalue weighted by atomic mass is 19.1. The Morgan fingerprint density at radius 2 is 1.96 bits per heavy atom. The summed E-state index contributed by atoms with van der Waals surface area (Å²) in [6.07, 6.45) is 0. The molecule has 0 saturated carbocycles. The number of aromatic amines is 1. The number of nitrogens with one attached hydrogen (secondary N) is 1. The lowest BCUT2D eigenvalue weighted by Gasteiger charge is -2.27. The summed E-state index contributed by atoms with van der Waals surface area (Å²) in [6.45, 7) is 3.02.